The lowest BCUT2D eigenvalue weighted by Crippen LogP contribution is -2.38. The van der Waals surface area contributed by atoms with E-state index in [1.165, 1.54) is 38.5 Å². The predicted molar refractivity (Wildman–Crippen MR) is 97.5 cm³/mol. The van der Waals surface area contributed by atoms with E-state index in [2.05, 4.69) is 5.32 Å². The molecule has 0 radical (unpaired) electrons. The number of amides is 2. The third kappa shape index (κ3) is 3.31. The highest BCUT2D eigenvalue weighted by atomic mass is 16.2. The average Bonchev–Trinajstić information content (AvgIpc) is 3.00. The van der Waals surface area contributed by atoms with Crippen LogP contribution >= 0.6 is 0 Å². The highest BCUT2D eigenvalue weighted by molar-refractivity contribution is 6.09. The van der Waals surface area contributed by atoms with E-state index >= 15 is 0 Å². The first kappa shape index (κ1) is 16.6. The van der Waals surface area contributed by atoms with Crippen molar-refractivity contribution < 1.29 is 9.59 Å². The first-order valence-corrected chi connectivity index (χ1v) is 9.98. The molecule has 0 spiro atoms. The Kier molecular flexibility index (Phi) is 4.78. The number of nitrogens with zero attached hydrogens (tertiary/aromatic N) is 1. The smallest absolute Gasteiger partial charge is 0.255 e. The molecule has 1 aromatic rings. The molecule has 4 rings (SSSR count). The Morgan fingerprint density at radius 3 is 2.36 bits per heavy atom. The van der Waals surface area contributed by atoms with E-state index < -0.39 is 0 Å². The third-order valence-electron chi connectivity index (χ3n) is 6.17. The molecular weight excluding hydrogens is 312 g/mol. The summed E-state index contributed by atoms with van der Waals surface area (Å²) in [5.41, 5.74) is 2.25. The Labute approximate surface area is 150 Å². The van der Waals surface area contributed by atoms with E-state index in [9.17, 15) is 9.59 Å². The summed E-state index contributed by atoms with van der Waals surface area (Å²) >= 11 is 0. The van der Waals surface area contributed by atoms with Crippen LogP contribution in [0, 0.1) is 0 Å². The summed E-state index contributed by atoms with van der Waals surface area (Å²) in [4.78, 5) is 27.9. The Hall–Kier alpha value is -1.84. The predicted octanol–water partition coefficient (Wildman–Crippen LogP) is 4.04. The van der Waals surface area contributed by atoms with E-state index in [0.717, 1.165) is 31.2 Å². The van der Waals surface area contributed by atoms with Crippen LogP contribution in [0.2, 0.25) is 0 Å². The first-order valence-electron chi connectivity index (χ1n) is 9.98. The number of carbonyl (C=O) groups is 2. The normalized spacial score (nSPS) is 22.1. The lowest BCUT2D eigenvalue weighted by molar-refractivity contribution is 0.0656. The van der Waals surface area contributed by atoms with Gasteiger partial charge in [-0.3, -0.25) is 9.59 Å². The van der Waals surface area contributed by atoms with Crippen LogP contribution in [0.3, 0.4) is 0 Å². The maximum atomic E-state index is 13.1. The highest BCUT2D eigenvalue weighted by Gasteiger charge is 2.36. The number of fused-ring (bicyclic) bond motifs is 1. The van der Waals surface area contributed by atoms with Gasteiger partial charge in [-0.05, 0) is 37.3 Å². The topological polar surface area (TPSA) is 49.4 Å². The molecule has 134 valence electrons. The Morgan fingerprint density at radius 2 is 1.64 bits per heavy atom. The van der Waals surface area contributed by atoms with Gasteiger partial charge in [0.2, 0.25) is 0 Å². The number of hydrogen-bond donors (Lipinski definition) is 1. The zero-order chi connectivity index (χ0) is 17.2. The van der Waals surface area contributed by atoms with Crippen molar-refractivity contribution in [2.45, 2.75) is 82.8 Å². The third-order valence-corrected chi connectivity index (χ3v) is 6.17. The molecule has 1 heterocycles. The largest absolute Gasteiger partial charge is 0.349 e. The van der Waals surface area contributed by atoms with Crippen molar-refractivity contribution >= 4 is 11.8 Å². The molecule has 0 atom stereocenters. The molecule has 2 saturated carbocycles. The van der Waals surface area contributed by atoms with Crippen molar-refractivity contribution in [3.05, 3.63) is 34.9 Å². The second kappa shape index (κ2) is 7.19. The van der Waals surface area contributed by atoms with Crippen molar-refractivity contribution in [3.63, 3.8) is 0 Å². The minimum atomic E-state index is -0.0670. The SMILES string of the molecule is O=C(NC1CCCCC1)c1cccc2c1C(=O)N(C1CCCCC1)C2. The van der Waals surface area contributed by atoms with Gasteiger partial charge in [-0.2, -0.15) is 0 Å². The Bertz CT molecular complexity index is 658. The van der Waals surface area contributed by atoms with Crippen LogP contribution in [0.4, 0.5) is 0 Å². The summed E-state index contributed by atoms with van der Waals surface area (Å²) in [6.07, 6.45) is 11.7. The molecular formula is C21H28N2O2. The molecule has 2 fully saturated rings. The lowest BCUT2D eigenvalue weighted by Gasteiger charge is -2.31. The van der Waals surface area contributed by atoms with Gasteiger partial charge >= 0.3 is 0 Å². The van der Waals surface area contributed by atoms with E-state index in [0.29, 0.717) is 23.7 Å². The fourth-order valence-electron chi connectivity index (χ4n) is 4.77. The summed E-state index contributed by atoms with van der Waals surface area (Å²) in [5.74, 6) is -0.00103. The number of benzene rings is 1. The van der Waals surface area contributed by atoms with Gasteiger partial charge in [0, 0.05) is 18.6 Å². The van der Waals surface area contributed by atoms with Crippen LogP contribution in [0.25, 0.3) is 0 Å². The molecule has 4 heteroatoms. The minimum absolute atomic E-state index is 0.0660. The molecule has 25 heavy (non-hydrogen) atoms. The van der Waals surface area contributed by atoms with Crippen molar-refractivity contribution in [1.29, 1.82) is 0 Å². The number of rotatable bonds is 3. The fourth-order valence-corrected chi connectivity index (χ4v) is 4.77. The van der Waals surface area contributed by atoms with Crippen molar-refractivity contribution in [1.82, 2.24) is 10.2 Å². The number of carbonyl (C=O) groups excluding carboxylic acids is 2. The summed E-state index contributed by atoms with van der Waals surface area (Å²) < 4.78 is 0. The minimum Gasteiger partial charge on any atom is -0.349 e. The van der Waals surface area contributed by atoms with Gasteiger partial charge in [0.05, 0.1) is 11.1 Å². The maximum Gasteiger partial charge on any atom is 0.255 e. The fraction of sp³-hybridized carbons (Fsp3) is 0.619. The van der Waals surface area contributed by atoms with Crippen molar-refractivity contribution in [2.75, 3.05) is 0 Å². The van der Waals surface area contributed by atoms with E-state index in [1.807, 2.05) is 23.1 Å². The van der Waals surface area contributed by atoms with Crippen LogP contribution in [0.5, 0.6) is 0 Å². The van der Waals surface area contributed by atoms with Crippen molar-refractivity contribution in [3.8, 4) is 0 Å². The molecule has 1 N–H and O–H groups in total. The molecule has 2 aliphatic carbocycles. The maximum absolute atomic E-state index is 13.1. The van der Waals surface area contributed by atoms with Gasteiger partial charge in [-0.15, -0.1) is 0 Å². The highest BCUT2D eigenvalue weighted by Crippen LogP contribution is 2.32. The molecule has 2 amide bonds. The zero-order valence-electron chi connectivity index (χ0n) is 14.9. The van der Waals surface area contributed by atoms with E-state index in [4.69, 9.17) is 0 Å². The van der Waals surface area contributed by atoms with Gasteiger partial charge in [0.15, 0.2) is 0 Å². The molecule has 0 aromatic heterocycles. The second-order valence-corrected chi connectivity index (χ2v) is 7.87. The van der Waals surface area contributed by atoms with Crippen LogP contribution in [-0.2, 0) is 6.54 Å². The van der Waals surface area contributed by atoms with E-state index in [-0.39, 0.29) is 17.9 Å². The quantitative estimate of drug-likeness (QED) is 0.903. The van der Waals surface area contributed by atoms with Crippen LogP contribution in [0.1, 0.15) is 90.5 Å². The van der Waals surface area contributed by atoms with Gasteiger partial charge in [0.25, 0.3) is 11.8 Å². The van der Waals surface area contributed by atoms with Gasteiger partial charge in [-0.25, -0.2) is 0 Å². The van der Waals surface area contributed by atoms with E-state index in [1.54, 1.807) is 0 Å². The summed E-state index contributed by atoms with van der Waals surface area (Å²) in [7, 11) is 0. The molecule has 0 bridgehead atoms. The monoisotopic (exact) mass is 340 g/mol. The van der Waals surface area contributed by atoms with Crippen LogP contribution < -0.4 is 5.32 Å². The molecule has 0 saturated heterocycles. The standard InChI is InChI=1S/C21H28N2O2/c24-20(22-16-9-3-1-4-10-16)18-13-7-8-15-14-23(21(25)19(15)18)17-11-5-2-6-12-17/h7-8,13,16-17H,1-6,9-12,14H2,(H,22,24). The average molecular weight is 340 g/mol. The molecule has 0 unspecified atom stereocenters. The van der Waals surface area contributed by atoms with Gasteiger partial charge in [-0.1, -0.05) is 50.7 Å². The molecule has 4 nitrogen and oxygen atoms in total. The number of hydrogen-bond acceptors (Lipinski definition) is 2. The molecule has 1 aromatic carbocycles. The zero-order valence-corrected chi connectivity index (χ0v) is 14.9. The molecule has 1 aliphatic heterocycles. The Morgan fingerprint density at radius 1 is 0.960 bits per heavy atom. The van der Waals surface area contributed by atoms with Crippen LogP contribution in [0.15, 0.2) is 18.2 Å². The van der Waals surface area contributed by atoms with Gasteiger partial charge in [0.1, 0.15) is 0 Å². The second-order valence-electron chi connectivity index (χ2n) is 7.87. The summed E-state index contributed by atoms with van der Waals surface area (Å²) in [6.45, 7) is 0.670. The Balaban J connectivity index is 1.53. The first-order chi connectivity index (χ1) is 12.2. The number of nitrogens with one attached hydrogen (secondary N) is 1. The summed E-state index contributed by atoms with van der Waals surface area (Å²) in [6, 6.07) is 6.37. The van der Waals surface area contributed by atoms with Crippen LogP contribution in [-0.4, -0.2) is 28.8 Å². The summed E-state index contributed by atoms with van der Waals surface area (Å²) in [5, 5.41) is 3.17. The van der Waals surface area contributed by atoms with Crippen molar-refractivity contribution in [2.24, 2.45) is 0 Å². The molecule has 3 aliphatic rings. The lowest BCUT2D eigenvalue weighted by atomic mass is 9.94. The van der Waals surface area contributed by atoms with Gasteiger partial charge < -0.3 is 10.2 Å².